The molecule has 92 valence electrons. The van der Waals surface area contributed by atoms with E-state index >= 15 is 0 Å². The number of hydrogen-bond acceptors (Lipinski definition) is 2. The molecule has 1 aromatic heterocycles. The summed E-state index contributed by atoms with van der Waals surface area (Å²) in [5.74, 6) is 0.183. The van der Waals surface area contributed by atoms with Crippen LogP contribution in [0.1, 0.15) is 15.9 Å². The zero-order valence-electron chi connectivity index (χ0n) is 9.58. The highest BCUT2D eigenvalue weighted by Crippen LogP contribution is 2.26. The Balaban J connectivity index is 2.28. The van der Waals surface area contributed by atoms with E-state index in [-0.39, 0.29) is 10.9 Å². The van der Waals surface area contributed by atoms with Gasteiger partial charge in [-0.05, 0) is 30.7 Å². The Morgan fingerprint density at radius 2 is 2.00 bits per heavy atom. The molecule has 0 saturated carbocycles. The van der Waals surface area contributed by atoms with Gasteiger partial charge in [-0.25, -0.2) is 4.98 Å². The summed E-state index contributed by atoms with van der Waals surface area (Å²) in [5, 5.41) is 3.29. The van der Waals surface area contributed by atoms with Gasteiger partial charge in [-0.3, -0.25) is 4.79 Å². The summed E-state index contributed by atoms with van der Waals surface area (Å²) >= 11 is 11.8. The average Bonchev–Trinajstić information content (AvgIpc) is 2.35. The summed E-state index contributed by atoms with van der Waals surface area (Å²) in [4.78, 5) is 16.1. The largest absolute Gasteiger partial charge is 0.306 e. The number of nitrogens with zero attached hydrogens (tertiary/aromatic N) is 1. The van der Waals surface area contributed by atoms with Gasteiger partial charge in [0.2, 0.25) is 0 Å². The lowest BCUT2D eigenvalue weighted by Crippen LogP contribution is -2.14. The van der Waals surface area contributed by atoms with Gasteiger partial charge >= 0.3 is 0 Å². The molecule has 0 bridgehead atoms. The van der Waals surface area contributed by atoms with E-state index in [2.05, 4.69) is 10.3 Å². The van der Waals surface area contributed by atoms with Gasteiger partial charge in [-0.1, -0.05) is 35.3 Å². The summed E-state index contributed by atoms with van der Waals surface area (Å²) in [7, 11) is 0. The number of carbonyl (C=O) groups excluding carboxylic acids is 1. The second kappa shape index (κ2) is 5.38. The maximum absolute atomic E-state index is 12.0. The minimum atomic E-state index is -0.329. The van der Waals surface area contributed by atoms with Gasteiger partial charge in [0.15, 0.2) is 0 Å². The number of halogens is 2. The molecule has 0 fully saturated rings. The van der Waals surface area contributed by atoms with Crippen LogP contribution in [0.15, 0.2) is 36.5 Å². The van der Waals surface area contributed by atoms with E-state index in [1.807, 2.05) is 13.0 Å². The molecule has 3 nitrogen and oxygen atoms in total. The Hall–Kier alpha value is -1.58. The summed E-state index contributed by atoms with van der Waals surface area (Å²) in [5.41, 5.74) is 1.21. The molecule has 18 heavy (non-hydrogen) atoms. The number of carbonyl (C=O) groups is 1. The lowest BCUT2D eigenvalue weighted by molar-refractivity contribution is 0.102. The summed E-state index contributed by atoms with van der Waals surface area (Å²) < 4.78 is 0. The van der Waals surface area contributed by atoms with E-state index in [4.69, 9.17) is 23.2 Å². The standard InChI is InChI=1S/C13H10Cl2N2O/c1-8-4-3-7-16-12(8)17-13(18)9-5-2-6-10(14)11(9)15/h2-7H,1H3,(H,16,17,18). The third kappa shape index (κ3) is 2.63. The van der Waals surface area contributed by atoms with Crippen molar-refractivity contribution in [1.29, 1.82) is 0 Å². The monoisotopic (exact) mass is 280 g/mol. The lowest BCUT2D eigenvalue weighted by Gasteiger charge is -2.08. The number of pyridine rings is 1. The minimum Gasteiger partial charge on any atom is -0.306 e. The summed E-state index contributed by atoms with van der Waals surface area (Å²) in [6.07, 6.45) is 1.61. The molecule has 2 aromatic rings. The van der Waals surface area contributed by atoms with Crippen molar-refractivity contribution in [3.8, 4) is 0 Å². The van der Waals surface area contributed by atoms with E-state index in [1.165, 1.54) is 0 Å². The number of benzene rings is 1. The molecule has 1 N–H and O–H groups in total. The van der Waals surface area contributed by atoms with Crippen LogP contribution in [0.2, 0.25) is 10.0 Å². The maximum Gasteiger partial charge on any atom is 0.258 e. The van der Waals surface area contributed by atoms with Gasteiger partial charge in [0.1, 0.15) is 5.82 Å². The van der Waals surface area contributed by atoms with Crippen LogP contribution in [-0.4, -0.2) is 10.9 Å². The molecule has 0 saturated heterocycles. The second-order valence-corrected chi connectivity index (χ2v) is 4.51. The molecule has 0 atom stereocenters. The highest BCUT2D eigenvalue weighted by molar-refractivity contribution is 6.44. The molecular formula is C13H10Cl2N2O. The predicted molar refractivity (Wildman–Crippen MR) is 73.4 cm³/mol. The zero-order chi connectivity index (χ0) is 13.1. The van der Waals surface area contributed by atoms with Crippen molar-refractivity contribution >= 4 is 34.9 Å². The highest BCUT2D eigenvalue weighted by Gasteiger charge is 2.13. The number of aromatic nitrogens is 1. The molecule has 0 aliphatic rings. The van der Waals surface area contributed by atoms with Crippen LogP contribution in [-0.2, 0) is 0 Å². The number of aryl methyl sites for hydroxylation is 1. The first-order valence-corrected chi connectivity index (χ1v) is 6.02. The van der Waals surface area contributed by atoms with Crippen molar-refractivity contribution in [3.05, 3.63) is 57.7 Å². The molecule has 0 radical (unpaired) electrons. The first-order chi connectivity index (χ1) is 8.59. The molecule has 1 aromatic carbocycles. The molecule has 1 amide bonds. The van der Waals surface area contributed by atoms with Crippen molar-refractivity contribution < 1.29 is 4.79 Å². The number of amides is 1. The summed E-state index contributed by atoms with van der Waals surface area (Å²) in [6.45, 7) is 1.86. The molecule has 1 heterocycles. The minimum absolute atomic E-state index is 0.241. The van der Waals surface area contributed by atoms with Crippen molar-refractivity contribution in [1.82, 2.24) is 4.98 Å². The maximum atomic E-state index is 12.0. The van der Waals surface area contributed by atoms with E-state index in [0.29, 0.717) is 16.4 Å². The first kappa shape index (κ1) is 12.9. The fourth-order valence-electron chi connectivity index (χ4n) is 1.47. The normalized spacial score (nSPS) is 10.2. The molecule has 2 rings (SSSR count). The fraction of sp³-hybridized carbons (Fsp3) is 0.0769. The number of rotatable bonds is 2. The van der Waals surface area contributed by atoms with E-state index in [0.717, 1.165) is 5.56 Å². The van der Waals surface area contributed by atoms with Crippen LogP contribution in [0.5, 0.6) is 0 Å². The smallest absolute Gasteiger partial charge is 0.258 e. The average molecular weight is 281 g/mol. The van der Waals surface area contributed by atoms with E-state index in [9.17, 15) is 4.79 Å². The topological polar surface area (TPSA) is 42.0 Å². The van der Waals surface area contributed by atoms with E-state index < -0.39 is 0 Å². The Labute approximate surface area is 115 Å². The van der Waals surface area contributed by atoms with Crippen LogP contribution in [0, 0.1) is 6.92 Å². The van der Waals surface area contributed by atoms with E-state index in [1.54, 1.807) is 30.5 Å². The van der Waals surface area contributed by atoms with Crippen molar-refractivity contribution in [2.45, 2.75) is 6.92 Å². The molecule has 0 aliphatic carbocycles. The predicted octanol–water partition coefficient (Wildman–Crippen LogP) is 3.95. The van der Waals surface area contributed by atoms with Crippen LogP contribution in [0.4, 0.5) is 5.82 Å². The molecule has 0 spiro atoms. The number of anilines is 1. The summed E-state index contributed by atoms with van der Waals surface area (Å²) in [6, 6.07) is 8.59. The van der Waals surface area contributed by atoms with Crippen LogP contribution in [0.25, 0.3) is 0 Å². The van der Waals surface area contributed by atoms with Gasteiger partial charge in [0.05, 0.1) is 15.6 Å². The Morgan fingerprint density at radius 1 is 1.22 bits per heavy atom. The third-order valence-corrected chi connectivity index (χ3v) is 3.26. The van der Waals surface area contributed by atoms with Gasteiger partial charge in [0.25, 0.3) is 5.91 Å². The second-order valence-electron chi connectivity index (χ2n) is 3.72. The number of hydrogen-bond donors (Lipinski definition) is 1. The van der Waals surface area contributed by atoms with Crippen LogP contribution in [0.3, 0.4) is 0 Å². The van der Waals surface area contributed by atoms with Gasteiger partial charge in [0, 0.05) is 6.20 Å². The highest BCUT2D eigenvalue weighted by atomic mass is 35.5. The Kier molecular flexibility index (Phi) is 3.84. The number of nitrogens with one attached hydrogen (secondary N) is 1. The Morgan fingerprint density at radius 3 is 2.72 bits per heavy atom. The first-order valence-electron chi connectivity index (χ1n) is 5.26. The third-order valence-electron chi connectivity index (χ3n) is 2.44. The quantitative estimate of drug-likeness (QED) is 0.905. The van der Waals surface area contributed by atoms with Gasteiger partial charge in [-0.2, -0.15) is 0 Å². The van der Waals surface area contributed by atoms with Crippen molar-refractivity contribution in [2.24, 2.45) is 0 Å². The lowest BCUT2D eigenvalue weighted by atomic mass is 10.2. The Bertz CT molecular complexity index is 599. The molecular weight excluding hydrogens is 271 g/mol. The SMILES string of the molecule is Cc1cccnc1NC(=O)c1cccc(Cl)c1Cl. The van der Waals surface area contributed by atoms with Gasteiger partial charge in [-0.15, -0.1) is 0 Å². The van der Waals surface area contributed by atoms with Crippen molar-refractivity contribution in [2.75, 3.05) is 5.32 Å². The molecule has 0 aliphatic heterocycles. The van der Waals surface area contributed by atoms with Crippen LogP contribution >= 0.6 is 23.2 Å². The van der Waals surface area contributed by atoms with Crippen LogP contribution < -0.4 is 5.32 Å². The molecule has 5 heteroatoms. The fourth-order valence-corrected chi connectivity index (χ4v) is 1.86. The molecule has 0 unspecified atom stereocenters. The van der Waals surface area contributed by atoms with Crippen molar-refractivity contribution in [3.63, 3.8) is 0 Å². The van der Waals surface area contributed by atoms with Gasteiger partial charge < -0.3 is 5.32 Å². The zero-order valence-corrected chi connectivity index (χ0v) is 11.1.